The third kappa shape index (κ3) is 4.52. The zero-order valence-corrected chi connectivity index (χ0v) is 11.9. The van der Waals surface area contributed by atoms with E-state index >= 15 is 0 Å². The van der Waals surface area contributed by atoms with Gasteiger partial charge in [-0.25, -0.2) is 0 Å². The number of halogens is 1. The largest absolute Gasteiger partial charge is 0.493 e. The molecule has 4 nitrogen and oxygen atoms in total. The number of ether oxygens (including phenoxy) is 2. The average Bonchev–Trinajstić information content (AvgIpc) is 2.38. The number of methoxy groups -OCH3 is 2. The van der Waals surface area contributed by atoms with Gasteiger partial charge < -0.3 is 14.8 Å². The van der Waals surface area contributed by atoms with E-state index < -0.39 is 0 Å². The van der Waals surface area contributed by atoms with Crippen LogP contribution in [0.5, 0.6) is 11.5 Å². The zero-order chi connectivity index (χ0) is 12.5. The van der Waals surface area contributed by atoms with E-state index in [0.717, 1.165) is 29.7 Å². The summed E-state index contributed by atoms with van der Waals surface area (Å²) in [6, 6.07) is 1.80. The van der Waals surface area contributed by atoms with Crippen LogP contribution in [0.1, 0.15) is 18.5 Å². The molecule has 17 heavy (non-hydrogen) atoms. The summed E-state index contributed by atoms with van der Waals surface area (Å²) in [6.07, 6.45) is 4.06. The summed E-state index contributed by atoms with van der Waals surface area (Å²) in [5.41, 5.74) is 0.880. The number of aromatic nitrogens is 1. The lowest BCUT2D eigenvalue weighted by Crippen LogP contribution is -2.16. The first-order valence-electron chi connectivity index (χ1n) is 5.66. The standard InChI is InChI=1S/C12H19BrN2O2/c1-16-11-5-8-15-10(12(11)17-2)9-14-7-4-3-6-13/h5,8,14H,3-4,6-7,9H2,1-2H3. The molecule has 0 atom stereocenters. The third-order valence-electron chi connectivity index (χ3n) is 2.40. The van der Waals surface area contributed by atoms with Gasteiger partial charge in [-0.05, 0) is 19.4 Å². The molecular formula is C12H19BrN2O2. The van der Waals surface area contributed by atoms with Gasteiger partial charge in [-0.1, -0.05) is 15.9 Å². The second-order valence-electron chi connectivity index (χ2n) is 3.57. The maximum atomic E-state index is 5.31. The highest BCUT2D eigenvalue weighted by atomic mass is 79.9. The lowest BCUT2D eigenvalue weighted by Gasteiger charge is -2.11. The van der Waals surface area contributed by atoms with Gasteiger partial charge in [0.2, 0.25) is 0 Å². The Morgan fingerprint density at radius 3 is 2.76 bits per heavy atom. The lowest BCUT2D eigenvalue weighted by molar-refractivity contribution is 0.348. The molecule has 0 aliphatic carbocycles. The molecule has 0 radical (unpaired) electrons. The molecule has 0 bridgehead atoms. The minimum atomic E-state index is 0.697. The molecule has 0 aliphatic rings. The SMILES string of the molecule is COc1ccnc(CNCCCCBr)c1OC. The molecule has 0 aliphatic heterocycles. The van der Waals surface area contributed by atoms with Crippen molar-refractivity contribution in [2.24, 2.45) is 0 Å². The molecule has 1 aromatic rings. The maximum Gasteiger partial charge on any atom is 0.183 e. The van der Waals surface area contributed by atoms with E-state index in [0.29, 0.717) is 12.3 Å². The molecule has 1 N–H and O–H groups in total. The van der Waals surface area contributed by atoms with Crippen LogP contribution in [-0.4, -0.2) is 31.1 Å². The van der Waals surface area contributed by atoms with E-state index in [1.54, 1.807) is 26.5 Å². The molecule has 0 saturated heterocycles. The highest BCUT2D eigenvalue weighted by Gasteiger charge is 2.09. The van der Waals surface area contributed by atoms with Gasteiger partial charge in [0, 0.05) is 24.1 Å². The van der Waals surface area contributed by atoms with Crippen molar-refractivity contribution in [1.29, 1.82) is 0 Å². The number of hydrogen-bond donors (Lipinski definition) is 1. The van der Waals surface area contributed by atoms with Gasteiger partial charge >= 0.3 is 0 Å². The van der Waals surface area contributed by atoms with Gasteiger partial charge in [0.15, 0.2) is 11.5 Å². The van der Waals surface area contributed by atoms with Crippen LogP contribution in [0.4, 0.5) is 0 Å². The van der Waals surface area contributed by atoms with E-state index in [1.165, 1.54) is 6.42 Å². The highest BCUT2D eigenvalue weighted by molar-refractivity contribution is 9.09. The van der Waals surface area contributed by atoms with Crippen molar-refractivity contribution in [3.63, 3.8) is 0 Å². The molecule has 1 rings (SSSR count). The fourth-order valence-corrected chi connectivity index (χ4v) is 1.92. The quantitative estimate of drug-likeness (QED) is 0.591. The van der Waals surface area contributed by atoms with Gasteiger partial charge in [0.05, 0.1) is 19.9 Å². The van der Waals surface area contributed by atoms with E-state index in [-0.39, 0.29) is 0 Å². The Morgan fingerprint density at radius 2 is 2.12 bits per heavy atom. The van der Waals surface area contributed by atoms with Gasteiger partial charge in [-0.15, -0.1) is 0 Å². The summed E-state index contributed by atoms with van der Waals surface area (Å²) in [6.45, 7) is 1.68. The van der Waals surface area contributed by atoms with Crippen molar-refractivity contribution < 1.29 is 9.47 Å². The molecule has 0 aromatic carbocycles. The average molecular weight is 303 g/mol. The Labute approximate surface area is 111 Å². The van der Waals surface area contributed by atoms with Crippen LogP contribution in [0.15, 0.2) is 12.3 Å². The van der Waals surface area contributed by atoms with Crippen molar-refractivity contribution in [3.8, 4) is 11.5 Å². The monoisotopic (exact) mass is 302 g/mol. The third-order valence-corrected chi connectivity index (χ3v) is 2.96. The minimum absolute atomic E-state index is 0.697. The van der Waals surface area contributed by atoms with E-state index in [4.69, 9.17) is 9.47 Å². The van der Waals surface area contributed by atoms with E-state index in [1.807, 2.05) is 0 Å². The number of hydrogen-bond acceptors (Lipinski definition) is 4. The fourth-order valence-electron chi connectivity index (χ4n) is 1.53. The summed E-state index contributed by atoms with van der Waals surface area (Å²) in [4.78, 5) is 4.30. The second kappa shape index (κ2) is 8.31. The predicted molar refractivity (Wildman–Crippen MR) is 72.1 cm³/mol. The predicted octanol–water partition coefficient (Wildman–Crippen LogP) is 2.36. The number of unbranched alkanes of at least 4 members (excludes halogenated alkanes) is 1. The van der Waals surface area contributed by atoms with Gasteiger partial charge in [0.1, 0.15) is 0 Å². The zero-order valence-electron chi connectivity index (χ0n) is 10.3. The Balaban J connectivity index is 2.52. The van der Waals surface area contributed by atoms with Crippen LogP contribution in [0.25, 0.3) is 0 Å². The van der Waals surface area contributed by atoms with E-state index in [9.17, 15) is 0 Å². The summed E-state index contributed by atoms with van der Waals surface area (Å²) < 4.78 is 10.5. The van der Waals surface area contributed by atoms with Crippen LogP contribution >= 0.6 is 15.9 Å². The Kier molecular flexibility index (Phi) is 6.96. The van der Waals surface area contributed by atoms with Crippen LogP contribution in [0.2, 0.25) is 0 Å². The molecule has 0 amide bonds. The first-order valence-corrected chi connectivity index (χ1v) is 6.78. The van der Waals surface area contributed by atoms with Gasteiger partial charge in [-0.2, -0.15) is 0 Å². The number of nitrogens with one attached hydrogen (secondary N) is 1. The molecule has 0 saturated carbocycles. The molecule has 5 heteroatoms. The Morgan fingerprint density at radius 1 is 1.29 bits per heavy atom. The molecule has 96 valence electrons. The van der Waals surface area contributed by atoms with Crippen LogP contribution in [-0.2, 0) is 6.54 Å². The lowest BCUT2D eigenvalue weighted by atomic mass is 10.3. The molecule has 1 aromatic heterocycles. The number of pyridine rings is 1. The second-order valence-corrected chi connectivity index (χ2v) is 4.36. The van der Waals surface area contributed by atoms with Crippen LogP contribution in [0, 0.1) is 0 Å². The Hall–Kier alpha value is -0.810. The normalized spacial score (nSPS) is 10.3. The molecule has 0 unspecified atom stereocenters. The fraction of sp³-hybridized carbons (Fsp3) is 0.583. The van der Waals surface area contributed by atoms with Gasteiger partial charge in [-0.3, -0.25) is 4.98 Å². The van der Waals surface area contributed by atoms with Crippen molar-refractivity contribution in [2.75, 3.05) is 26.1 Å². The minimum Gasteiger partial charge on any atom is -0.493 e. The van der Waals surface area contributed by atoms with Gasteiger partial charge in [0.25, 0.3) is 0 Å². The molecule has 1 heterocycles. The number of alkyl halides is 1. The first-order chi connectivity index (χ1) is 8.33. The Bertz CT molecular complexity index is 334. The summed E-state index contributed by atoms with van der Waals surface area (Å²) >= 11 is 3.41. The van der Waals surface area contributed by atoms with Crippen LogP contribution < -0.4 is 14.8 Å². The smallest absolute Gasteiger partial charge is 0.183 e. The van der Waals surface area contributed by atoms with Crippen molar-refractivity contribution in [1.82, 2.24) is 10.3 Å². The molecule has 0 fully saturated rings. The number of nitrogens with zero attached hydrogens (tertiary/aromatic N) is 1. The van der Waals surface area contributed by atoms with Crippen LogP contribution in [0.3, 0.4) is 0 Å². The van der Waals surface area contributed by atoms with E-state index in [2.05, 4.69) is 26.2 Å². The molecular weight excluding hydrogens is 284 g/mol. The molecule has 0 spiro atoms. The summed E-state index contributed by atoms with van der Waals surface area (Å²) in [7, 11) is 3.26. The highest BCUT2D eigenvalue weighted by Crippen LogP contribution is 2.28. The van der Waals surface area contributed by atoms with Crippen molar-refractivity contribution in [3.05, 3.63) is 18.0 Å². The summed E-state index contributed by atoms with van der Waals surface area (Å²) in [5.74, 6) is 1.43. The topological polar surface area (TPSA) is 43.4 Å². The van der Waals surface area contributed by atoms with Crippen molar-refractivity contribution in [2.45, 2.75) is 19.4 Å². The van der Waals surface area contributed by atoms with Crippen molar-refractivity contribution >= 4 is 15.9 Å². The first kappa shape index (κ1) is 14.3. The maximum absolute atomic E-state index is 5.31. The number of rotatable bonds is 8. The summed E-state index contributed by atoms with van der Waals surface area (Å²) in [5, 5.41) is 4.39.